The van der Waals surface area contributed by atoms with Crippen molar-refractivity contribution >= 4 is 39.2 Å². The molecule has 0 radical (unpaired) electrons. The van der Waals surface area contributed by atoms with Crippen molar-refractivity contribution in [1.29, 1.82) is 0 Å². The predicted molar refractivity (Wildman–Crippen MR) is 108 cm³/mol. The highest BCUT2D eigenvalue weighted by molar-refractivity contribution is 6.50. The number of carbonyl (C=O) groups is 2. The average Bonchev–Trinajstić information content (AvgIpc) is 2.63. The molecule has 4 rings (SSSR count). The van der Waals surface area contributed by atoms with Crippen LogP contribution in [-0.4, -0.2) is 11.6 Å². The van der Waals surface area contributed by atoms with E-state index >= 15 is 0 Å². The van der Waals surface area contributed by atoms with Gasteiger partial charge in [-0.05, 0) is 81.4 Å². The summed E-state index contributed by atoms with van der Waals surface area (Å²) in [7, 11) is 0. The molecule has 3 aromatic rings. The Balaban J connectivity index is 1.95. The number of benzene rings is 3. The molecule has 26 heavy (non-hydrogen) atoms. The Morgan fingerprint density at radius 3 is 1.77 bits per heavy atom. The smallest absolute Gasteiger partial charge is 0.233 e. The maximum absolute atomic E-state index is 12.2. The second-order valence-electron chi connectivity index (χ2n) is 7.13. The zero-order chi connectivity index (χ0) is 18.3. The largest absolute Gasteiger partial charge is 0.286 e. The molecule has 1 aliphatic rings. The molecule has 0 unspecified atom stereocenters. The molecule has 0 saturated heterocycles. The average molecular weight is 342 g/mol. The summed E-state index contributed by atoms with van der Waals surface area (Å²) in [6, 6.07) is 12.9. The van der Waals surface area contributed by atoms with E-state index in [9.17, 15) is 9.59 Å². The lowest BCUT2D eigenvalue weighted by atomic mass is 9.90. The topological polar surface area (TPSA) is 34.1 Å². The molecule has 130 valence electrons. The minimum atomic E-state index is -0.438. The highest BCUT2D eigenvalue weighted by atomic mass is 16.2. The summed E-state index contributed by atoms with van der Waals surface area (Å²) < 4.78 is 0. The monoisotopic (exact) mass is 342 g/mol. The van der Waals surface area contributed by atoms with Crippen LogP contribution in [0, 0.1) is 0 Å². The lowest BCUT2D eigenvalue weighted by Crippen LogP contribution is -2.15. The first kappa shape index (κ1) is 16.7. The molecule has 0 aliphatic heterocycles. The van der Waals surface area contributed by atoms with Gasteiger partial charge in [0.2, 0.25) is 11.6 Å². The van der Waals surface area contributed by atoms with Gasteiger partial charge >= 0.3 is 0 Å². The number of ketones is 2. The fourth-order valence-electron chi connectivity index (χ4n) is 3.93. The maximum atomic E-state index is 12.2. The Morgan fingerprint density at radius 1 is 0.654 bits per heavy atom. The van der Waals surface area contributed by atoms with Crippen LogP contribution in [0.1, 0.15) is 53.7 Å². The number of hydrogen-bond acceptors (Lipinski definition) is 2. The quantitative estimate of drug-likeness (QED) is 0.452. The fraction of sp³-hybridized carbons (Fsp3) is 0.250. The Morgan fingerprint density at radius 2 is 1.19 bits per heavy atom. The number of rotatable bonds is 4. The first-order valence-corrected chi connectivity index (χ1v) is 9.40. The molecule has 0 fully saturated rings. The van der Waals surface area contributed by atoms with E-state index in [-0.39, 0.29) is 0 Å². The summed E-state index contributed by atoms with van der Waals surface area (Å²) in [4.78, 5) is 23.9. The zero-order valence-electron chi connectivity index (χ0n) is 15.3. The highest BCUT2D eigenvalue weighted by Crippen LogP contribution is 2.30. The Hall–Kier alpha value is -2.74. The van der Waals surface area contributed by atoms with E-state index in [2.05, 4.69) is 38.1 Å². The van der Waals surface area contributed by atoms with Gasteiger partial charge in [-0.15, -0.1) is 0 Å². The normalized spacial score (nSPS) is 13.6. The molecule has 0 heterocycles. The lowest BCUT2D eigenvalue weighted by Gasteiger charge is -2.14. The Bertz CT molecular complexity index is 1090. The van der Waals surface area contributed by atoms with Crippen molar-refractivity contribution in [3.63, 3.8) is 0 Å². The molecule has 0 atom stereocenters. The molecule has 0 saturated carbocycles. The SMILES string of the molecule is CCCc1cc2cc3cc4c(cc3cc2cc1CCC)C(=O)C(=O)C=C4. The van der Waals surface area contributed by atoms with E-state index in [0.29, 0.717) is 5.56 Å². The van der Waals surface area contributed by atoms with Gasteiger partial charge in [-0.25, -0.2) is 0 Å². The Labute approximate surface area is 153 Å². The molecule has 0 spiro atoms. The van der Waals surface area contributed by atoms with Gasteiger partial charge in [0.05, 0.1) is 0 Å². The van der Waals surface area contributed by atoms with Crippen molar-refractivity contribution in [2.75, 3.05) is 0 Å². The third kappa shape index (κ3) is 2.76. The van der Waals surface area contributed by atoms with Crippen molar-refractivity contribution < 1.29 is 9.59 Å². The van der Waals surface area contributed by atoms with Gasteiger partial charge < -0.3 is 0 Å². The van der Waals surface area contributed by atoms with E-state index in [1.165, 1.54) is 28.0 Å². The zero-order valence-corrected chi connectivity index (χ0v) is 15.3. The van der Waals surface area contributed by atoms with Gasteiger partial charge in [-0.1, -0.05) is 44.9 Å². The molecule has 0 amide bonds. The summed E-state index contributed by atoms with van der Waals surface area (Å²) in [5, 5.41) is 4.56. The first-order valence-electron chi connectivity index (χ1n) is 9.40. The van der Waals surface area contributed by atoms with Crippen molar-refractivity contribution in [2.24, 2.45) is 0 Å². The highest BCUT2D eigenvalue weighted by Gasteiger charge is 2.21. The van der Waals surface area contributed by atoms with Crippen LogP contribution in [0.2, 0.25) is 0 Å². The van der Waals surface area contributed by atoms with Gasteiger partial charge in [0.15, 0.2) is 0 Å². The summed E-state index contributed by atoms with van der Waals surface area (Å²) in [6.45, 7) is 4.43. The number of allylic oxidation sites excluding steroid dienone is 1. The maximum Gasteiger partial charge on any atom is 0.233 e. The van der Waals surface area contributed by atoms with Crippen LogP contribution in [-0.2, 0) is 17.6 Å². The van der Waals surface area contributed by atoms with E-state index in [1.807, 2.05) is 12.1 Å². The van der Waals surface area contributed by atoms with Crippen LogP contribution >= 0.6 is 0 Å². The molecule has 0 aromatic heterocycles. The van der Waals surface area contributed by atoms with Crippen LogP contribution in [0.3, 0.4) is 0 Å². The van der Waals surface area contributed by atoms with E-state index in [4.69, 9.17) is 0 Å². The predicted octanol–water partition coefficient (Wildman–Crippen LogP) is 5.68. The molecule has 0 N–H and O–H groups in total. The van der Waals surface area contributed by atoms with Crippen LogP contribution in [0.5, 0.6) is 0 Å². The third-order valence-electron chi connectivity index (χ3n) is 5.20. The van der Waals surface area contributed by atoms with Gasteiger partial charge in [0.25, 0.3) is 0 Å². The summed E-state index contributed by atoms with van der Waals surface area (Å²) in [5.74, 6) is -0.846. The standard InChI is InChI=1S/C24H22O2/c1-3-5-15-9-18-12-20-11-17-7-8-23(25)24(26)22(17)14-21(20)13-19(18)10-16(15)6-4-2/h7-14H,3-6H2,1-2H3. The summed E-state index contributed by atoms with van der Waals surface area (Å²) in [5.41, 5.74) is 4.21. The van der Waals surface area contributed by atoms with Crippen molar-refractivity contribution in [3.8, 4) is 0 Å². The van der Waals surface area contributed by atoms with Crippen molar-refractivity contribution in [3.05, 3.63) is 64.7 Å². The number of carbonyl (C=O) groups excluding carboxylic acids is 2. The van der Waals surface area contributed by atoms with Crippen LogP contribution < -0.4 is 0 Å². The fourth-order valence-corrected chi connectivity index (χ4v) is 3.93. The van der Waals surface area contributed by atoms with Gasteiger partial charge in [-0.2, -0.15) is 0 Å². The molecular formula is C24H22O2. The van der Waals surface area contributed by atoms with E-state index < -0.39 is 11.6 Å². The minimum absolute atomic E-state index is 0.408. The van der Waals surface area contributed by atoms with Gasteiger partial charge in [0.1, 0.15) is 0 Å². The van der Waals surface area contributed by atoms with Crippen molar-refractivity contribution in [2.45, 2.75) is 39.5 Å². The molecule has 3 aromatic carbocycles. The molecule has 2 heteroatoms. The van der Waals surface area contributed by atoms with Crippen LogP contribution in [0.15, 0.2) is 42.5 Å². The molecular weight excluding hydrogens is 320 g/mol. The van der Waals surface area contributed by atoms with Crippen molar-refractivity contribution in [1.82, 2.24) is 0 Å². The van der Waals surface area contributed by atoms with Gasteiger partial charge in [-0.3, -0.25) is 9.59 Å². The summed E-state index contributed by atoms with van der Waals surface area (Å²) >= 11 is 0. The number of aryl methyl sites for hydroxylation is 2. The molecule has 2 nitrogen and oxygen atoms in total. The Kier molecular flexibility index (Phi) is 4.20. The lowest BCUT2D eigenvalue weighted by molar-refractivity contribution is -0.110. The third-order valence-corrected chi connectivity index (χ3v) is 5.20. The second-order valence-corrected chi connectivity index (χ2v) is 7.13. The number of Topliss-reactive ketones (excluding diaryl/α,β-unsaturated/α-hetero) is 1. The number of hydrogen-bond donors (Lipinski definition) is 0. The molecule has 1 aliphatic carbocycles. The minimum Gasteiger partial charge on any atom is -0.286 e. The van der Waals surface area contributed by atoms with Gasteiger partial charge in [0, 0.05) is 5.56 Å². The summed E-state index contributed by atoms with van der Waals surface area (Å²) in [6.07, 6.45) is 7.58. The van der Waals surface area contributed by atoms with E-state index in [0.717, 1.165) is 42.0 Å². The van der Waals surface area contributed by atoms with Crippen LogP contribution in [0.4, 0.5) is 0 Å². The second kappa shape index (κ2) is 6.53. The number of fused-ring (bicyclic) bond motifs is 3. The first-order chi connectivity index (χ1) is 12.6. The molecule has 0 bridgehead atoms. The van der Waals surface area contributed by atoms with Crippen LogP contribution in [0.25, 0.3) is 27.6 Å². The van der Waals surface area contributed by atoms with E-state index in [1.54, 1.807) is 6.08 Å².